The monoisotopic (exact) mass is 531 g/mol. The van der Waals surface area contributed by atoms with E-state index in [1.807, 2.05) is 31.2 Å². The number of unbranched alkanes of at least 4 members (excludes halogenated alkanes) is 1. The molecule has 1 N–H and O–H groups in total. The van der Waals surface area contributed by atoms with E-state index in [9.17, 15) is 18.3 Å². The summed E-state index contributed by atoms with van der Waals surface area (Å²) in [6.45, 7) is 1.92. The van der Waals surface area contributed by atoms with E-state index in [1.54, 1.807) is 30.5 Å². The third-order valence-corrected chi connectivity index (χ3v) is 7.93. The average Bonchev–Trinajstić information content (AvgIpc) is 3.35. The number of benzene rings is 3. The molecule has 9 heteroatoms. The molecule has 0 aliphatic rings. The maximum Gasteiger partial charge on any atom is 0.327 e. The predicted molar refractivity (Wildman–Crippen MR) is 139 cm³/mol. The Hall–Kier alpha value is -3.00. The molecule has 0 amide bonds. The number of anilines is 1. The number of nitrogens with zero attached hydrogens (tertiary/aromatic N) is 1. The van der Waals surface area contributed by atoms with Crippen LogP contribution in [0.15, 0.2) is 82.3 Å². The minimum absolute atomic E-state index is 0.139. The number of hydrogen-bond acceptors (Lipinski definition) is 4. The Balaban J connectivity index is 1.86. The van der Waals surface area contributed by atoms with Crippen LogP contribution in [0.1, 0.15) is 26.2 Å². The van der Waals surface area contributed by atoms with Crippen molar-refractivity contribution in [2.24, 2.45) is 0 Å². The highest BCUT2D eigenvalue weighted by atomic mass is 35.5. The fraction of sp³-hybridized carbons (Fsp3) is 0.192. The fourth-order valence-electron chi connectivity index (χ4n) is 3.98. The smallest absolute Gasteiger partial charge is 0.327 e. The molecular weight excluding hydrogens is 509 g/mol. The normalized spacial score (nSPS) is 12.5. The van der Waals surface area contributed by atoms with Crippen LogP contribution in [0.5, 0.6) is 0 Å². The van der Waals surface area contributed by atoms with Gasteiger partial charge in [0.15, 0.2) is 0 Å². The van der Waals surface area contributed by atoms with Crippen molar-refractivity contribution in [3.05, 3.63) is 83.0 Å². The number of halogens is 2. The van der Waals surface area contributed by atoms with Crippen LogP contribution in [-0.4, -0.2) is 25.5 Å². The van der Waals surface area contributed by atoms with Crippen LogP contribution in [0.2, 0.25) is 10.0 Å². The molecule has 0 radical (unpaired) electrons. The molecule has 35 heavy (non-hydrogen) atoms. The molecule has 1 heterocycles. The lowest BCUT2D eigenvalue weighted by atomic mass is 10.0. The number of sulfonamides is 1. The van der Waals surface area contributed by atoms with Gasteiger partial charge in [0.25, 0.3) is 10.0 Å². The molecule has 0 aliphatic heterocycles. The molecule has 0 saturated heterocycles. The molecule has 0 fully saturated rings. The van der Waals surface area contributed by atoms with E-state index in [1.165, 1.54) is 18.2 Å². The van der Waals surface area contributed by atoms with E-state index in [2.05, 4.69) is 0 Å². The first kappa shape index (κ1) is 25.1. The Labute approximate surface area is 213 Å². The second-order valence-corrected chi connectivity index (χ2v) is 10.8. The summed E-state index contributed by atoms with van der Waals surface area (Å²) in [4.78, 5) is 12.1. The second kappa shape index (κ2) is 10.3. The number of furan rings is 1. The summed E-state index contributed by atoms with van der Waals surface area (Å²) in [5.41, 5.74) is 1.11. The van der Waals surface area contributed by atoms with Crippen LogP contribution in [0.3, 0.4) is 0 Å². The maximum atomic E-state index is 13.8. The van der Waals surface area contributed by atoms with E-state index in [4.69, 9.17) is 27.6 Å². The van der Waals surface area contributed by atoms with Crippen LogP contribution in [-0.2, 0) is 14.8 Å². The van der Waals surface area contributed by atoms with Crippen molar-refractivity contribution in [3.8, 4) is 11.3 Å². The number of carboxylic acid groups (broad SMARTS) is 1. The quantitative estimate of drug-likeness (QED) is 0.245. The standard InChI is InChI=1S/C26H23Cl2NO5S/c1-2-3-5-24(26(30)31)29(35(32,33)23-15-20(27)14-21(28)16-23)22-10-9-17-12-19(8-7-18(17)13-22)25-6-4-11-34-25/h4,6-16,24H,2-3,5H2,1H3,(H,30,31). The number of aliphatic carboxylic acids is 1. The third-order valence-electron chi connectivity index (χ3n) is 5.68. The Kier molecular flexibility index (Phi) is 7.40. The second-order valence-electron chi connectivity index (χ2n) is 8.13. The molecule has 1 unspecified atom stereocenters. The number of rotatable bonds is 9. The van der Waals surface area contributed by atoms with Gasteiger partial charge in [-0.05, 0) is 65.7 Å². The lowest BCUT2D eigenvalue weighted by Crippen LogP contribution is -2.45. The SMILES string of the molecule is CCCCC(C(=O)O)N(c1ccc2cc(-c3ccco3)ccc2c1)S(=O)(=O)c1cc(Cl)cc(Cl)c1. The van der Waals surface area contributed by atoms with Gasteiger partial charge in [0.05, 0.1) is 16.8 Å². The van der Waals surface area contributed by atoms with Gasteiger partial charge in [0.1, 0.15) is 11.8 Å². The minimum atomic E-state index is -4.32. The zero-order valence-electron chi connectivity index (χ0n) is 18.8. The molecule has 3 aromatic carbocycles. The highest BCUT2D eigenvalue weighted by Gasteiger charge is 2.36. The first-order chi connectivity index (χ1) is 16.7. The van der Waals surface area contributed by atoms with Crippen molar-refractivity contribution in [1.29, 1.82) is 0 Å². The third kappa shape index (κ3) is 5.32. The largest absolute Gasteiger partial charge is 0.480 e. The van der Waals surface area contributed by atoms with Gasteiger partial charge in [0, 0.05) is 15.6 Å². The van der Waals surface area contributed by atoms with Crippen LogP contribution in [0.4, 0.5) is 5.69 Å². The fourth-order valence-corrected chi connectivity index (χ4v) is 6.34. The molecule has 1 aromatic heterocycles. The Morgan fingerprint density at radius 3 is 2.31 bits per heavy atom. The Morgan fingerprint density at radius 2 is 1.69 bits per heavy atom. The summed E-state index contributed by atoms with van der Waals surface area (Å²) >= 11 is 12.2. The van der Waals surface area contributed by atoms with Gasteiger partial charge in [-0.15, -0.1) is 0 Å². The highest BCUT2D eigenvalue weighted by Crippen LogP contribution is 2.34. The topological polar surface area (TPSA) is 87.8 Å². The van der Waals surface area contributed by atoms with E-state index < -0.39 is 22.0 Å². The first-order valence-electron chi connectivity index (χ1n) is 11.0. The van der Waals surface area contributed by atoms with Crippen LogP contribution >= 0.6 is 23.2 Å². The molecular formula is C26H23Cl2NO5S. The highest BCUT2D eigenvalue weighted by molar-refractivity contribution is 7.93. The van der Waals surface area contributed by atoms with E-state index >= 15 is 0 Å². The zero-order chi connectivity index (χ0) is 25.2. The van der Waals surface area contributed by atoms with Crippen LogP contribution in [0.25, 0.3) is 22.1 Å². The van der Waals surface area contributed by atoms with Crippen molar-refractivity contribution >= 4 is 55.7 Å². The van der Waals surface area contributed by atoms with Gasteiger partial charge in [-0.25, -0.2) is 13.2 Å². The van der Waals surface area contributed by atoms with Gasteiger partial charge in [-0.2, -0.15) is 0 Å². The molecule has 0 spiro atoms. The Bertz CT molecular complexity index is 1450. The molecule has 0 bridgehead atoms. The summed E-state index contributed by atoms with van der Waals surface area (Å²) in [5, 5.41) is 11.9. The Morgan fingerprint density at radius 1 is 1.00 bits per heavy atom. The number of carbonyl (C=O) groups is 1. The van der Waals surface area contributed by atoms with Crippen molar-refractivity contribution < 1.29 is 22.7 Å². The zero-order valence-corrected chi connectivity index (χ0v) is 21.1. The summed E-state index contributed by atoms with van der Waals surface area (Å²) in [7, 11) is -4.32. The van der Waals surface area contributed by atoms with Crippen molar-refractivity contribution in [2.45, 2.75) is 37.1 Å². The summed E-state index contributed by atoms with van der Waals surface area (Å²) in [5.74, 6) is -0.521. The molecule has 182 valence electrons. The summed E-state index contributed by atoms with van der Waals surface area (Å²) in [6.07, 6.45) is 3.00. The molecule has 6 nitrogen and oxygen atoms in total. The number of hydrogen-bond donors (Lipinski definition) is 1. The minimum Gasteiger partial charge on any atom is -0.480 e. The molecule has 4 aromatic rings. The molecule has 0 saturated carbocycles. The predicted octanol–water partition coefficient (Wildman–Crippen LogP) is 7.25. The lowest BCUT2D eigenvalue weighted by Gasteiger charge is -2.30. The van der Waals surface area contributed by atoms with Crippen molar-refractivity contribution in [2.75, 3.05) is 4.31 Å². The lowest BCUT2D eigenvalue weighted by molar-refractivity contribution is -0.138. The van der Waals surface area contributed by atoms with Gasteiger partial charge in [-0.3, -0.25) is 4.31 Å². The van der Waals surface area contributed by atoms with E-state index in [-0.39, 0.29) is 27.0 Å². The van der Waals surface area contributed by atoms with Gasteiger partial charge in [0.2, 0.25) is 0 Å². The van der Waals surface area contributed by atoms with E-state index in [0.717, 1.165) is 20.6 Å². The van der Waals surface area contributed by atoms with Crippen LogP contribution < -0.4 is 4.31 Å². The summed E-state index contributed by atoms with van der Waals surface area (Å²) in [6, 6.07) is 17.0. The van der Waals surface area contributed by atoms with Crippen LogP contribution in [0, 0.1) is 0 Å². The average molecular weight is 532 g/mol. The number of fused-ring (bicyclic) bond motifs is 1. The first-order valence-corrected chi connectivity index (χ1v) is 13.2. The van der Waals surface area contributed by atoms with Gasteiger partial charge >= 0.3 is 5.97 Å². The van der Waals surface area contributed by atoms with Crippen molar-refractivity contribution in [1.82, 2.24) is 0 Å². The molecule has 0 aliphatic carbocycles. The number of carboxylic acids is 1. The van der Waals surface area contributed by atoms with Gasteiger partial charge < -0.3 is 9.52 Å². The molecule has 1 atom stereocenters. The van der Waals surface area contributed by atoms with E-state index in [0.29, 0.717) is 18.6 Å². The molecule has 4 rings (SSSR count). The summed E-state index contributed by atoms with van der Waals surface area (Å²) < 4.78 is 34.1. The van der Waals surface area contributed by atoms with Gasteiger partial charge in [-0.1, -0.05) is 61.2 Å². The maximum absolute atomic E-state index is 13.8. The van der Waals surface area contributed by atoms with Crippen molar-refractivity contribution in [3.63, 3.8) is 0 Å².